The van der Waals surface area contributed by atoms with Gasteiger partial charge in [0.05, 0.1) is 12.2 Å². The molecule has 1 aromatic carbocycles. The zero-order valence-corrected chi connectivity index (χ0v) is 18.5. The molecular formula is C24H36N4O2. The lowest BCUT2D eigenvalue weighted by Gasteiger charge is -2.32. The largest absolute Gasteiger partial charge is 0.487 e. The van der Waals surface area contributed by atoms with E-state index in [1.165, 1.54) is 0 Å². The van der Waals surface area contributed by atoms with Gasteiger partial charge in [-0.15, -0.1) is 0 Å². The van der Waals surface area contributed by atoms with E-state index in [0.717, 1.165) is 55.3 Å². The summed E-state index contributed by atoms with van der Waals surface area (Å²) in [5.74, 6) is 1.60. The summed E-state index contributed by atoms with van der Waals surface area (Å²) in [5, 5.41) is 16.2. The molecule has 0 radical (unpaired) electrons. The highest BCUT2D eigenvalue weighted by Crippen LogP contribution is 2.29. The Morgan fingerprint density at radius 1 is 1.10 bits per heavy atom. The quantitative estimate of drug-likeness (QED) is 0.364. The van der Waals surface area contributed by atoms with Crippen LogP contribution in [-0.2, 0) is 13.2 Å². The van der Waals surface area contributed by atoms with Crippen LogP contribution in [-0.4, -0.2) is 35.7 Å². The number of aliphatic imine (C=N–C) groups is 1. The molecule has 30 heavy (non-hydrogen) atoms. The molecule has 0 bridgehead atoms. The van der Waals surface area contributed by atoms with E-state index in [1.54, 1.807) is 6.20 Å². The lowest BCUT2D eigenvalue weighted by molar-refractivity contribution is 0.169. The van der Waals surface area contributed by atoms with Crippen LogP contribution in [0.1, 0.15) is 51.3 Å². The fourth-order valence-electron chi connectivity index (χ4n) is 3.34. The Morgan fingerprint density at radius 2 is 1.93 bits per heavy atom. The molecule has 2 aromatic rings. The lowest BCUT2D eigenvalue weighted by Crippen LogP contribution is -2.43. The number of aliphatic hydroxyl groups excluding tert-OH is 1. The molecule has 0 atom stereocenters. The summed E-state index contributed by atoms with van der Waals surface area (Å²) < 4.78 is 5.87. The van der Waals surface area contributed by atoms with E-state index in [2.05, 4.69) is 42.5 Å². The summed E-state index contributed by atoms with van der Waals surface area (Å²) in [6, 6.07) is 13.8. The SMILES string of the molecule is CCNC(=NCc1cccc(OCc2ccccn2)c1)NCC(CC)(CC)CCO. The number of aromatic nitrogens is 1. The van der Waals surface area contributed by atoms with Gasteiger partial charge in [0.25, 0.3) is 0 Å². The number of hydrogen-bond donors (Lipinski definition) is 3. The van der Waals surface area contributed by atoms with Crippen molar-refractivity contribution in [2.45, 2.75) is 53.2 Å². The first-order valence-electron chi connectivity index (χ1n) is 10.9. The molecule has 0 aliphatic rings. The maximum atomic E-state index is 9.44. The monoisotopic (exact) mass is 412 g/mol. The summed E-state index contributed by atoms with van der Waals surface area (Å²) in [7, 11) is 0. The number of nitrogens with one attached hydrogen (secondary N) is 2. The molecule has 0 spiro atoms. The third-order valence-corrected chi connectivity index (χ3v) is 5.55. The van der Waals surface area contributed by atoms with Crippen LogP contribution in [0.25, 0.3) is 0 Å². The molecule has 1 heterocycles. The van der Waals surface area contributed by atoms with Gasteiger partial charge in [-0.1, -0.05) is 32.0 Å². The Bertz CT molecular complexity index is 761. The van der Waals surface area contributed by atoms with Crippen LogP contribution in [0.3, 0.4) is 0 Å². The van der Waals surface area contributed by atoms with Gasteiger partial charge in [-0.25, -0.2) is 4.99 Å². The highest BCUT2D eigenvalue weighted by Gasteiger charge is 2.25. The number of ether oxygens (including phenoxy) is 1. The fraction of sp³-hybridized carbons (Fsp3) is 0.500. The summed E-state index contributed by atoms with van der Waals surface area (Å²) in [6.45, 7) is 9.22. The van der Waals surface area contributed by atoms with Gasteiger partial charge in [0.15, 0.2) is 5.96 Å². The van der Waals surface area contributed by atoms with Crippen molar-refractivity contribution in [2.24, 2.45) is 10.4 Å². The smallest absolute Gasteiger partial charge is 0.191 e. The zero-order chi connectivity index (χ0) is 21.7. The molecule has 0 aliphatic heterocycles. The summed E-state index contributed by atoms with van der Waals surface area (Å²) in [4.78, 5) is 9.02. The van der Waals surface area contributed by atoms with Crippen molar-refractivity contribution in [3.05, 3.63) is 59.9 Å². The van der Waals surface area contributed by atoms with Crippen molar-refractivity contribution >= 4 is 5.96 Å². The van der Waals surface area contributed by atoms with Crippen LogP contribution in [0.4, 0.5) is 0 Å². The summed E-state index contributed by atoms with van der Waals surface area (Å²) >= 11 is 0. The van der Waals surface area contributed by atoms with E-state index in [0.29, 0.717) is 13.2 Å². The van der Waals surface area contributed by atoms with Gasteiger partial charge in [-0.2, -0.15) is 0 Å². The average molecular weight is 413 g/mol. The van der Waals surface area contributed by atoms with Gasteiger partial charge in [0.1, 0.15) is 12.4 Å². The van der Waals surface area contributed by atoms with Crippen molar-refractivity contribution in [1.29, 1.82) is 0 Å². The van der Waals surface area contributed by atoms with E-state index < -0.39 is 0 Å². The van der Waals surface area contributed by atoms with Crippen molar-refractivity contribution in [1.82, 2.24) is 15.6 Å². The number of hydrogen-bond acceptors (Lipinski definition) is 4. The van der Waals surface area contributed by atoms with Crippen LogP contribution in [0, 0.1) is 5.41 Å². The van der Waals surface area contributed by atoms with Gasteiger partial charge >= 0.3 is 0 Å². The molecule has 0 fully saturated rings. The molecule has 1 aromatic heterocycles. The van der Waals surface area contributed by atoms with E-state index >= 15 is 0 Å². The second-order valence-corrected chi connectivity index (χ2v) is 7.49. The normalized spacial score (nSPS) is 11.9. The highest BCUT2D eigenvalue weighted by atomic mass is 16.5. The van der Waals surface area contributed by atoms with E-state index in [1.807, 2.05) is 36.4 Å². The molecule has 6 heteroatoms. The Kier molecular flexibility index (Phi) is 10.1. The highest BCUT2D eigenvalue weighted by molar-refractivity contribution is 5.79. The Hall–Kier alpha value is -2.60. The number of benzene rings is 1. The van der Waals surface area contributed by atoms with Gasteiger partial charge in [-0.3, -0.25) is 4.98 Å². The number of nitrogens with zero attached hydrogens (tertiary/aromatic N) is 2. The van der Waals surface area contributed by atoms with E-state index in [-0.39, 0.29) is 12.0 Å². The first kappa shape index (κ1) is 23.7. The average Bonchev–Trinajstić information content (AvgIpc) is 2.79. The number of aliphatic hydroxyl groups is 1. The molecule has 6 nitrogen and oxygen atoms in total. The summed E-state index contributed by atoms with van der Waals surface area (Å²) in [6.07, 6.45) is 4.60. The number of rotatable bonds is 12. The molecule has 0 unspecified atom stereocenters. The Morgan fingerprint density at radius 3 is 2.60 bits per heavy atom. The molecule has 0 amide bonds. The molecule has 0 saturated heterocycles. The maximum absolute atomic E-state index is 9.44. The zero-order valence-electron chi connectivity index (χ0n) is 18.5. The Labute approximate surface area is 180 Å². The van der Waals surface area contributed by atoms with Crippen LogP contribution >= 0.6 is 0 Å². The second-order valence-electron chi connectivity index (χ2n) is 7.49. The predicted octanol–water partition coefficient (Wildman–Crippen LogP) is 3.90. The minimum Gasteiger partial charge on any atom is -0.487 e. The van der Waals surface area contributed by atoms with Crippen molar-refractivity contribution < 1.29 is 9.84 Å². The van der Waals surface area contributed by atoms with Gasteiger partial charge in [0, 0.05) is 25.9 Å². The van der Waals surface area contributed by atoms with E-state index in [9.17, 15) is 5.11 Å². The Balaban J connectivity index is 1.98. The minimum absolute atomic E-state index is 0.0875. The first-order valence-corrected chi connectivity index (χ1v) is 10.9. The molecule has 0 saturated carbocycles. The molecule has 164 valence electrons. The second kappa shape index (κ2) is 12.9. The fourth-order valence-corrected chi connectivity index (χ4v) is 3.34. The molecule has 0 aliphatic carbocycles. The van der Waals surface area contributed by atoms with Crippen LogP contribution in [0.5, 0.6) is 5.75 Å². The maximum Gasteiger partial charge on any atom is 0.191 e. The van der Waals surface area contributed by atoms with E-state index in [4.69, 9.17) is 9.73 Å². The molecule has 2 rings (SSSR count). The lowest BCUT2D eigenvalue weighted by atomic mass is 9.79. The third kappa shape index (κ3) is 7.67. The topological polar surface area (TPSA) is 78.8 Å². The number of pyridine rings is 1. The van der Waals surface area contributed by atoms with Crippen molar-refractivity contribution in [3.63, 3.8) is 0 Å². The van der Waals surface area contributed by atoms with Gasteiger partial charge < -0.3 is 20.5 Å². The molecular weight excluding hydrogens is 376 g/mol. The predicted molar refractivity (Wildman–Crippen MR) is 123 cm³/mol. The van der Waals surface area contributed by atoms with Crippen LogP contribution < -0.4 is 15.4 Å². The standard InChI is InChI=1S/C24H36N4O2/c1-4-24(5-2,13-15-29)19-28-23(25-6-3)27-17-20-10-9-12-22(16-20)30-18-21-11-7-8-14-26-21/h7-12,14,16,29H,4-6,13,15,17-19H2,1-3H3,(H2,25,27,28). The van der Waals surface area contributed by atoms with Crippen molar-refractivity contribution in [2.75, 3.05) is 19.7 Å². The third-order valence-electron chi connectivity index (χ3n) is 5.55. The minimum atomic E-state index is 0.0875. The van der Waals surface area contributed by atoms with Gasteiger partial charge in [0.2, 0.25) is 0 Å². The first-order chi connectivity index (χ1) is 14.6. The van der Waals surface area contributed by atoms with Crippen molar-refractivity contribution in [3.8, 4) is 5.75 Å². The van der Waals surface area contributed by atoms with Crippen LogP contribution in [0.2, 0.25) is 0 Å². The summed E-state index contributed by atoms with van der Waals surface area (Å²) in [5.41, 5.74) is 2.07. The number of guanidine groups is 1. The van der Waals surface area contributed by atoms with Crippen LogP contribution in [0.15, 0.2) is 53.7 Å². The van der Waals surface area contributed by atoms with Gasteiger partial charge in [-0.05, 0) is 61.4 Å². The molecule has 3 N–H and O–H groups in total.